The van der Waals surface area contributed by atoms with Crippen molar-refractivity contribution in [3.05, 3.63) is 30.1 Å². The van der Waals surface area contributed by atoms with Gasteiger partial charge < -0.3 is 15.4 Å². The Morgan fingerprint density at radius 3 is 2.58 bits per heavy atom. The average molecular weight is 266 g/mol. The predicted octanol–water partition coefficient (Wildman–Crippen LogP) is 1.92. The summed E-state index contributed by atoms with van der Waals surface area (Å²) in [6.45, 7) is 0.906. The van der Waals surface area contributed by atoms with Gasteiger partial charge >= 0.3 is 0 Å². The first kappa shape index (κ1) is 14.0. The molecule has 4 nitrogen and oxygen atoms in total. The molecule has 1 aliphatic carbocycles. The lowest BCUT2D eigenvalue weighted by molar-refractivity contribution is -0.116. The molecule has 1 aliphatic rings. The first-order chi connectivity index (χ1) is 9.13. The van der Waals surface area contributed by atoms with Crippen molar-refractivity contribution in [3.8, 4) is 0 Å². The molecule has 0 atom stereocenters. The van der Waals surface area contributed by atoms with Crippen LogP contribution >= 0.6 is 0 Å². The molecule has 19 heavy (non-hydrogen) atoms. The maximum Gasteiger partial charge on any atom is 0.238 e. The summed E-state index contributed by atoms with van der Waals surface area (Å²) in [5.74, 6) is -0.458. The van der Waals surface area contributed by atoms with E-state index >= 15 is 0 Å². The van der Waals surface area contributed by atoms with Gasteiger partial charge in [0.1, 0.15) is 5.82 Å². The van der Waals surface area contributed by atoms with Crippen molar-refractivity contribution >= 4 is 11.6 Å². The Balaban J connectivity index is 1.71. The zero-order valence-corrected chi connectivity index (χ0v) is 11.0. The van der Waals surface area contributed by atoms with Gasteiger partial charge in [-0.15, -0.1) is 0 Å². The number of ether oxygens (including phenoxy) is 1. The first-order valence-corrected chi connectivity index (χ1v) is 6.45. The monoisotopic (exact) mass is 266 g/mol. The number of hydrogen-bond donors (Lipinski definition) is 2. The lowest BCUT2D eigenvalue weighted by Crippen LogP contribution is -2.49. The number of rotatable bonds is 6. The van der Waals surface area contributed by atoms with Gasteiger partial charge in [0.2, 0.25) is 5.91 Å². The molecular weight excluding hydrogens is 247 g/mol. The van der Waals surface area contributed by atoms with E-state index in [0.29, 0.717) is 12.2 Å². The minimum Gasteiger partial charge on any atom is -0.377 e. The zero-order chi connectivity index (χ0) is 13.7. The molecule has 1 saturated carbocycles. The summed E-state index contributed by atoms with van der Waals surface area (Å²) in [5.41, 5.74) is 0.508. The Bertz CT molecular complexity index is 424. The molecule has 0 aromatic heterocycles. The normalized spacial score (nSPS) is 16.7. The molecule has 1 aromatic carbocycles. The highest BCUT2D eigenvalue weighted by Gasteiger charge is 2.36. The molecule has 0 unspecified atom stereocenters. The Labute approximate surface area is 112 Å². The van der Waals surface area contributed by atoms with E-state index in [-0.39, 0.29) is 23.9 Å². The SMILES string of the molecule is COC1(CNCC(=O)Nc2ccc(F)cc2)CCC1. The third kappa shape index (κ3) is 3.75. The lowest BCUT2D eigenvalue weighted by Gasteiger charge is -2.40. The summed E-state index contributed by atoms with van der Waals surface area (Å²) in [7, 11) is 1.71. The number of anilines is 1. The molecule has 0 heterocycles. The fraction of sp³-hybridized carbons (Fsp3) is 0.500. The fourth-order valence-corrected chi connectivity index (χ4v) is 2.17. The molecule has 0 radical (unpaired) electrons. The molecule has 0 saturated heterocycles. The fourth-order valence-electron chi connectivity index (χ4n) is 2.17. The largest absolute Gasteiger partial charge is 0.377 e. The number of carbonyl (C=O) groups excluding carboxylic acids is 1. The summed E-state index contributed by atoms with van der Waals surface area (Å²) < 4.78 is 18.2. The Morgan fingerprint density at radius 2 is 2.05 bits per heavy atom. The number of nitrogens with one attached hydrogen (secondary N) is 2. The van der Waals surface area contributed by atoms with Gasteiger partial charge in [0.05, 0.1) is 12.1 Å². The van der Waals surface area contributed by atoms with E-state index in [1.54, 1.807) is 7.11 Å². The van der Waals surface area contributed by atoms with Crippen molar-refractivity contribution in [1.82, 2.24) is 5.32 Å². The van der Waals surface area contributed by atoms with E-state index in [1.165, 1.54) is 30.7 Å². The van der Waals surface area contributed by atoms with E-state index in [2.05, 4.69) is 10.6 Å². The van der Waals surface area contributed by atoms with Crippen molar-refractivity contribution in [2.45, 2.75) is 24.9 Å². The summed E-state index contributed by atoms with van der Waals surface area (Å²) in [6, 6.07) is 5.71. The van der Waals surface area contributed by atoms with Crippen LogP contribution in [0, 0.1) is 5.82 Å². The van der Waals surface area contributed by atoms with Crippen LogP contribution in [0.4, 0.5) is 10.1 Å². The maximum atomic E-state index is 12.7. The number of benzene rings is 1. The predicted molar refractivity (Wildman–Crippen MR) is 71.5 cm³/mol. The van der Waals surface area contributed by atoms with E-state index < -0.39 is 0 Å². The molecule has 0 aliphatic heterocycles. The molecule has 0 spiro atoms. The molecule has 2 rings (SSSR count). The zero-order valence-electron chi connectivity index (χ0n) is 11.0. The van der Waals surface area contributed by atoms with Gasteiger partial charge in [-0.05, 0) is 43.5 Å². The maximum absolute atomic E-state index is 12.7. The van der Waals surface area contributed by atoms with Gasteiger partial charge in [-0.1, -0.05) is 0 Å². The third-order valence-corrected chi connectivity index (χ3v) is 3.56. The van der Waals surface area contributed by atoms with Gasteiger partial charge in [-0.2, -0.15) is 0 Å². The molecule has 2 N–H and O–H groups in total. The van der Waals surface area contributed by atoms with Gasteiger partial charge in [0.15, 0.2) is 0 Å². The minimum absolute atomic E-state index is 0.0871. The van der Waals surface area contributed by atoms with Crippen molar-refractivity contribution in [2.75, 3.05) is 25.5 Å². The topological polar surface area (TPSA) is 50.4 Å². The Hall–Kier alpha value is -1.46. The highest BCUT2D eigenvalue weighted by molar-refractivity contribution is 5.92. The average Bonchev–Trinajstić information content (AvgIpc) is 2.35. The second-order valence-electron chi connectivity index (χ2n) is 4.90. The van der Waals surface area contributed by atoms with Crippen LogP contribution in [0.2, 0.25) is 0 Å². The molecule has 1 fully saturated rings. The van der Waals surface area contributed by atoms with Gasteiger partial charge in [-0.25, -0.2) is 4.39 Å². The van der Waals surface area contributed by atoms with Crippen LogP contribution in [0.3, 0.4) is 0 Å². The standard InChI is InChI=1S/C14H19FN2O2/c1-19-14(7-2-8-14)10-16-9-13(18)17-12-5-3-11(15)4-6-12/h3-6,16H,2,7-10H2,1H3,(H,17,18). The van der Waals surface area contributed by atoms with E-state index in [0.717, 1.165) is 12.8 Å². The van der Waals surface area contributed by atoms with Gasteiger partial charge in [0.25, 0.3) is 0 Å². The second-order valence-corrected chi connectivity index (χ2v) is 4.90. The summed E-state index contributed by atoms with van der Waals surface area (Å²) in [4.78, 5) is 11.7. The van der Waals surface area contributed by atoms with Crippen LogP contribution in [-0.4, -0.2) is 31.7 Å². The smallest absolute Gasteiger partial charge is 0.238 e. The first-order valence-electron chi connectivity index (χ1n) is 6.45. The van der Waals surface area contributed by atoms with Crippen LogP contribution in [-0.2, 0) is 9.53 Å². The molecule has 1 aromatic rings. The number of methoxy groups -OCH3 is 1. The summed E-state index contributed by atoms with van der Waals surface area (Å²) in [5, 5.41) is 5.80. The van der Waals surface area contributed by atoms with Crippen LogP contribution in [0.25, 0.3) is 0 Å². The number of hydrogen-bond acceptors (Lipinski definition) is 3. The second kappa shape index (κ2) is 6.12. The molecule has 104 valence electrons. The summed E-state index contributed by atoms with van der Waals surface area (Å²) >= 11 is 0. The van der Waals surface area contributed by atoms with Crippen molar-refractivity contribution in [2.24, 2.45) is 0 Å². The molecule has 0 bridgehead atoms. The minimum atomic E-state index is -0.317. The molecule has 5 heteroatoms. The quantitative estimate of drug-likeness (QED) is 0.827. The number of carbonyl (C=O) groups is 1. The van der Waals surface area contributed by atoms with Gasteiger partial charge in [0, 0.05) is 19.3 Å². The lowest BCUT2D eigenvalue weighted by atomic mass is 9.80. The molecule has 1 amide bonds. The third-order valence-electron chi connectivity index (χ3n) is 3.56. The highest BCUT2D eigenvalue weighted by atomic mass is 19.1. The van der Waals surface area contributed by atoms with Crippen molar-refractivity contribution in [1.29, 1.82) is 0 Å². The van der Waals surface area contributed by atoms with Crippen LogP contribution in [0.1, 0.15) is 19.3 Å². The van der Waals surface area contributed by atoms with Crippen LogP contribution in [0.5, 0.6) is 0 Å². The summed E-state index contributed by atoms with van der Waals surface area (Å²) in [6.07, 6.45) is 3.25. The van der Waals surface area contributed by atoms with Gasteiger partial charge in [-0.3, -0.25) is 4.79 Å². The Morgan fingerprint density at radius 1 is 1.37 bits per heavy atom. The molecular formula is C14H19FN2O2. The van der Waals surface area contributed by atoms with Crippen LogP contribution in [0.15, 0.2) is 24.3 Å². The number of halogens is 1. The highest BCUT2D eigenvalue weighted by Crippen LogP contribution is 2.34. The van der Waals surface area contributed by atoms with Crippen LogP contribution < -0.4 is 10.6 Å². The number of amides is 1. The Kier molecular flexibility index (Phi) is 4.50. The van der Waals surface area contributed by atoms with E-state index in [9.17, 15) is 9.18 Å². The van der Waals surface area contributed by atoms with Crippen molar-refractivity contribution < 1.29 is 13.9 Å². The van der Waals surface area contributed by atoms with E-state index in [1.807, 2.05) is 0 Å². The van der Waals surface area contributed by atoms with E-state index in [4.69, 9.17) is 4.74 Å². The van der Waals surface area contributed by atoms with Crippen molar-refractivity contribution in [3.63, 3.8) is 0 Å².